The van der Waals surface area contributed by atoms with E-state index in [1.807, 2.05) is 24.8 Å². The molecule has 7 heteroatoms. The molecule has 0 N–H and O–H groups in total. The smallest absolute Gasteiger partial charge is 0.256 e. The molecule has 1 atom stereocenters. The van der Waals surface area contributed by atoms with Crippen LogP contribution in [0.25, 0.3) is 0 Å². The van der Waals surface area contributed by atoms with Crippen LogP contribution in [0.3, 0.4) is 0 Å². The van der Waals surface area contributed by atoms with Gasteiger partial charge in [-0.2, -0.15) is 0 Å². The Bertz CT molecular complexity index is 489. The van der Waals surface area contributed by atoms with Crippen LogP contribution in [0, 0.1) is 0 Å². The third-order valence-electron chi connectivity index (χ3n) is 2.83. The summed E-state index contributed by atoms with van der Waals surface area (Å²) in [5.74, 6) is 0.0520. The van der Waals surface area contributed by atoms with Gasteiger partial charge in [0.25, 0.3) is 5.91 Å². The van der Waals surface area contributed by atoms with Crippen LogP contribution in [0.4, 0.5) is 0 Å². The number of thiophene rings is 1. The molecular formula is C12H14Br3NO2S. The molecule has 0 saturated carbocycles. The highest BCUT2D eigenvalue weighted by Gasteiger charge is 2.36. The fourth-order valence-corrected chi connectivity index (χ4v) is 5.30. The largest absolute Gasteiger partial charge is 0.368 e. The second-order valence-corrected chi connectivity index (χ2v) is 9.47. The van der Waals surface area contributed by atoms with Crippen molar-refractivity contribution < 1.29 is 9.53 Å². The summed E-state index contributed by atoms with van der Waals surface area (Å²) in [5, 5.41) is 0.731. The molecule has 1 aliphatic heterocycles. The van der Waals surface area contributed by atoms with Gasteiger partial charge in [0.2, 0.25) is 0 Å². The van der Waals surface area contributed by atoms with Gasteiger partial charge < -0.3 is 9.64 Å². The number of carbonyl (C=O) groups excluding carboxylic acids is 1. The van der Waals surface area contributed by atoms with E-state index in [1.165, 1.54) is 11.3 Å². The molecule has 0 aromatic carbocycles. The first-order chi connectivity index (χ1) is 8.82. The second-order valence-electron chi connectivity index (χ2n) is 5.08. The van der Waals surface area contributed by atoms with Crippen LogP contribution in [-0.2, 0) is 4.74 Å². The fourth-order valence-electron chi connectivity index (χ4n) is 2.19. The van der Waals surface area contributed by atoms with Crippen LogP contribution in [0.2, 0.25) is 0 Å². The predicted molar refractivity (Wildman–Crippen MR) is 88.4 cm³/mol. The molecule has 0 spiro atoms. The third kappa shape index (κ3) is 3.81. The molecule has 0 bridgehead atoms. The van der Waals surface area contributed by atoms with Gasteiger partial charge in [-0.1, -0.05) is 15.9 Å². The number of carbonyl (C=O) groups is 1. The highest BCUT2D eigenvalue weighted by Crippen LogP contribution is 2.33. The number of rotatable bonds is 2. The maximum atomic E-state index is 12.6. The van der Waals surface area contributed by atoms with Gasteiger partial charge in [0.1, 0.15) is 0 Å². The summed E-state index contributed by atoms with van der Waals surface area (Å²) in [4.78, 5) is 14.5. The third-order valence-corrected chi connectivity index (χ3v) is 5.89. The van der Waals surface area contributed by atoms with Crippen LogP contribution in [0.1, 0.15) is 24.2 Å². The summed E-state index contributed by atoms with van der Waals surface area (Å²) >= 11 is 11.8. The molecular weight excluding hydrogens is 462 g/mol. The topological polar surface area (TPSA) is 29.5 Å². The lowest BCUT2D eigenvalue weighted by Crippen LogP contribution is -2.55. The van der Waals surface area contributed by atoms with Crippen LogP contribution in [-0.4, -0.2) is 40.9 Å². The summed E-state index contributed by atoms with van der Waals surface area (Å²) in [5.41, 5.74) is 0.398. The van der Waals surface area contributed by atoms with Crippen molar-refractivity contribution in [3.8, 4) is 0 Å². The van der Waals surface area contributed by atoms with Gasteiger partial charge in [0.15, 0.2) is 0 Å². The Labute approximate surface area is 142 Å². The lowest BCUT2D eigenvalue weighted by molar-refractivity contribution is -0.116. The number of alkyl halides is 1. The molecule has 0 radical (unpaired) electrons. The normalized spacial score (nSPS) is 22.6. The lowest BCUT2D eigenvalue weighted by Gasteiger charge is -2.42. The van der Waals surface area contributed by atoms with Crippen molar-refractivity contribution in [1.82, 2.24) is 4.90 Å². The zero-order chi connectivity index (χ0) is 14.2. The highest BCUT2D eigenvalue weighted by atomic mass is 79.9. The zero-order valence-electron chi connectivity index (χ0n) is 10.6. The number of amides is 1. The maximum Gasteiger partial charge on any atom is 0.256 e. The molecule has 106 valence electrons. The number of ether oxygens (including phenoxy) is 1. The molecule has 1 unspecified atom stereocenters. The van der Waals surface area contributed by atoms with Crippen molar-refractivity contribution in [3.63, 3.8) is 0 Å². The Balaban J connectivity index is 2.21. The van der Waals surface area contributed by atoms with Crippen LogP contribution >= 0.6 is 59.1 Å². The van der Waals surface area contributed by atoms with E-state index in [4.69, 9.17) is 4.74 Å². The van der Waals surface area contributed by atoms with Crippen molar-refractivity contribution in [2.24, 2.45) is 0 Å². The quantitative estimate of drug-likeness (QED) is 0.597. The summed E-state index contributed by atoms with van der Waals surface area (Å²) in [7, 11) is 0. The van der Waals surface area contributed by atoms with E-state index < -0.39 is 0 Å². The molecule has 2 heterocycles. The van der Waals surface area contributed by atoms with Gasteiger partial charge >= 0.3 is 0 Å². The summed E-state index contributed by atoms with van der Waals surface area (Å²) in [6.45, 7) is 5.25. The van der Waals surface area contributed by atoms with Crippen molar-refractivity contribution in [2.75, 3.05) is 18.4 Å². The maximum absolute atomic E-state index is 12.6. The number of halogens is 3. The molecule has 2 rings (SSSR count). The van der Waals surface area contributed by atoms with Crippen LogP contribution < -0.4 is 0 Å². The summed E-state index contributed by atoms with van der Waals surface area (Å²) in [6, 6.07) is 1.86. The van der Waals surface area contributed by atoms with E-state index in [1.54, 1.807) is 0 Å². The van der Waals surface area contributed by atoms with Gasteiger partial charge in [-0.05, 0) is 51.8 Å². The van der Waals surface area contributed by atoms with E-state index in [9.17, 15) is 4.79 Å². The number of nitrogens with zero attached hydrogens (tertiary/aromatic N) is 1. The van der Waals surface area contributed by atoms with Gasteiger partial charge in [0.05, 0.1) is 24.8 Å². The highest BCUT2D eigenvalue weighted by molar-refractivity contribution is 9.12. The first-order valence-electron chi connectivity index (χ1n) is 5.80. The minimum atomic E-state index is -0.313. The monoisotopic (exact) mass is 473 g/mol. The molecule has 1 amide bonds. The molecule has 1 aromatic heterocycles. The Hall–Kier alpha value is 0.570. The van der Waals surface area contributed by atoms with Crippen molar-refractivity contribution in [3.05, 3.63) is 19.2 Å². The molecule has 0 aliphatic carbocycles. The summed E-state index contributed by atoms with van der Waals surface area (Å²) < 4.78 is 7.73. The molecule has 1 fully saturated rings. The number of hydrogen-bond acceptors (Lipinski definition) is 3. The Morgan fingerprint density at radius 1 is 1.58 bits per heavy atom. The van der Waals surface area contributed by atoms with Crippen molar-refractivity contribution >= 4 is 65.0 Å². The SMILES string of the molecule is CC1(C)CN(C(=O)c2cc(Br)sc2Br)CC(CBr)O1. The Morgan fingerprint density at radius 3 is 2.79 bits per heavy atom. The van der Waals surface area contributed by atoms with Crippen molar-refractivity contribution in [2.45, 2.75) is 25.6 Å². The van der Waals surface area contributed by atoms with Crippen LogP contribution in [0.15, 0.2) is 13.6 Å². The molecule has 1 aliphatic rings. The van der Waals surface area contributed by atoms with Gasteiger partial charge in [-0.15, -0.1) is 11.3 Å². The average molecular weight is 476 g/mol. The minimum absolute atomic E-state index is 0.0357. The predicted octanol–water partition coefficient (Wildman–Crippen LogP) is 4.29. The molecule has 3 nitrogen and oxygen atoms in total. The standard InChI is InChI=1S/C12H14Br3NO2S/c1-12(2)6-16(5-7(4-13)18-12)11(17)8-3-9(14)19-10(8)15/h3,7H,4-6H2,1-2H3. The van der Waals surface area contributed by atoms with E-state index in [-0.39, 0.29) is 17.6 Å². The molecule has 1 saturated heterocycles. The van der Waals surface area contributed by atoms with E-state index in [2.05, 4.69) is 47.8 Å². The Kier molecular flexibility index (Phi) is 5.15. The fraction of sp³-hybridized carbons (Fsp3) is 0.583. The van der Waals surface area contributed by atoms with Gasteiger partial charge in [-0.25, -0.2) is 0 Å². The number of morpholine rings is 1. The van der Waals surface area contributed by atoms with E-state index in [0.29, 0.717) is 18.7 Å². The first kappa shape index (κ1) is 15.9. The van der Waals surface area contributed by atoms with Crippen LogP contribution in [0.5, 0.6) is 0 Å². The molecule has 19 heavy (non-hydrogen) atoms. The Morgan fingerprint density at radius 2 is 2.26 bits per heavy atom. The van der Waals surface area contributed by atoms with Crippen molar-refractivity contribution in [1.29, 1.82) is 0 Å². The second kappa shape index (κ2) is 6.13. The zero-order valence-corrected chi connectivity index (χ0v) is 16.2. The minimum Gasteiger partial charge on any atom is -0.368 e. The van der Waals surface area contributed by atoms with E-state index >= 15 is 0 Å². The van der Waals surface area contributed by atoms with E-state index in [0.717, 1.165) is 12.9 Å². The number of hydrogen-bond donors (Lipinski definition) is 0. The lowest BCUT2D eigenvalue weighted by atomic mass is 10.0. The molecule has 1 aromatic rings. The first-order valence-corrected chi connectivity index (χ1v) is 9.32. The summed E-state index contributed by atoms with van der Waals surface area (Å²) in [6.07, 6.45) is 0.0357. The average Bonchev–Trinajstić information content (AvgIpc) is 2.65. The van der Waals surface area contributed by atoms with Gasteiger partial charge in [-0.3, -0.25) is 4.79 Å². The van der Waals surface area contributed by atoms with Gasteiger partial charge in [0, 0.05) is 18.4 Å².